The number of carbonyl (C=O) groups is 2. The molecule has 2 aromatic carbocycles. The van der Waals surface area contributed by atoms with E-state index < -0.39 is 11.7 Å². The van der Waals surface area contributed by atoms with E-state index >= 15 is 0 Å². The van der Waals surface area contributed by atoms with Gasteiger partial charge in [-0.1, -0.05) is 12.1 Å². The minimum atomic E-state index is -0.502. The van der Waals surface area contributed by atoms with Crippen LogP contribution in [0, 0.1) is 5.82 Å². The molecule has 2 heterocycles. The summed E-state index contributed by atoms with van der Waals surface area (Å²) in [5.74, 6) is -1.04. The van der Waals surface area contributed by atoms with Crippen molar-refractivity contribution in [2.75, 3.05) is 18.9 Å². The molecule has 0 radical (unpaired) electrons. The predicted molar refractivity (Wildman–Crippen MR) is 96.8 cm³/mol. The molecule has 1 aromatic heterocycles. The van der Waals surface area contributed by atoms with Crippen LogP contribution in [0.3, 0.4) is 0 Å². The maximum Gasteiger partial charge on any atom is 0.257 e. The van der Waals surface area contributed by atoms with E-state index in [1.165, 1.54) is 12.1 Å². The van der Waals surface area contributed by atoms with Gasteiger partial charge in [-0.25, -0.2) is 4.39 Å². The molecule has 26 heavy (non-hydrogen) atoms. The lowest BCUT2D eigenvalue weighted by molar-refractivity contribution is 0.0780. The Hall–Kier alpha value is -3.28. The number of halogens is 1. The van der Waals surface area contributed by atoms with Crippen LogP contribution in [0.25, 0.3) is 10.9 Å². The Labute approximate surface area is 149 Å². The van der Waals surface area contributed by atoms with Crippen LogP contribution < -0.4 is 5.32 Å². The average Bonchev–Trinajstić information content (AvgIpc) is 2.64. The number of benzene rings is 2. The van der Waals surface area contributed by atoms with Crippen LogP contribution in [0.15, 0.2) is 48.7 Å². The van der Waals surface area contributed by atoms with Crippen LogP contribution in [0.2, 0.25) is 0 Å². The minimum absolute atomic E-state index is 0.0692. The highest BCUT2D eigenvalue weighted by atomic mass is 19.1. The number of hydrogen-bond acceptors (Lipinski definition) is 3. The molecule has 0 atom stereocenters. The van der Waals surface area contributed by atoms with Gasteiger partial charge in [0.15, 0.2) is 0 Å². The quantitative estimate of drug-likeness (QED) is 0.772. The third-order valence-electron chi connectivity index (χ3n) is 4.58. The largest absolute Gasteiger partial charge is 0.341 e. The van der Waals surface area contributed by atoms with Crippen molar-refractivity contribution in [3.05, 3.63) is 71.2 Å². The zero-order valence-electron chi connectivity index (χ0n) is 14.1. The molecule has 0 aliphatic carbocycles. The monoisotopic (exact) mass is 349 g/mol. The SMILES string of the molecule is CN1CCc2ccc(NC(=O)c3cc(F)cc4cccnc34)cc2C1=O. The summed E-state index contributed by atoms with van der Waals surface area (Å²) >= 11 is 0. The van der Waals surface area contributed by atoms with Crippen LogP contribution in [-0.2, 0) is 6.42 Å². The van der Waals surface area contributed by atoms with E-state index in [0.717, 1.165) is 12.0 Å². The molecule has 130 valence electrons. The van der Waals surface area contributed by atoms with Crippen molar-refractivity contribution in [1.29, 1.82) is 0 Å². The Morgan fingerprint density at radius 3 is 2.92 bits per heavy atom. The third kappa shape index (κ3) is 2.79. The molecule has 5 nitrogen and oxygen atoms in total. The molecule has 3 aromatic rings. The second kappa shape index (κ2) is 6.22. The summed E-state index contributed by atoms with van der Waals surface area (Å²) in [6, 6.07) is 11.2. The van der Waals surface area contributed by atoms with Gasteiger partial charge in [0.1, 0.15) is 5.82 Å². The van der Waals surface area contributed by atoms with Crippen molar-refractivity contribution in [2.45, 2.75) is 6.42 Å². The summed E-state index contributed by atoms with van der Waals surface area (Å²) in [6.07, 6.45) is 2.34. The predicted octanol–water partition coefficient (Wildman–Crippen LogP) is 3.25. The number of pyridine rings is 1. The van der Waals surface area contributed by atoms with Gasteiger partial charge < -0.3 is 10.2 Å². The van der Waals surface area contributed by atoms with Crippen LogP contribution >= 0.6 is 0 Å². The van der Waals surface area contributed by atoms with Gasteiger partial charge in [0.05, 0.1) is 11.1 Å². The Bertz CT molecular complexity index is 1050. The van der Waals surface area contributed by atoms with Crippen molar-refractivity contribution in [3.8, 4) is 0 Å². The molecule has 1 aliphatic rings. The second-order valence-electron chi connectivity index (χ2n) is 6.33. The molecule has 0 saturated heterocycles. The first-order valence-electron chi connectivity index (χ1n) is 8.27. The molecule has 1 N–H and O–H groups in total. The molecule has 2 amide bonds. The van der Waals surface area contributed by atoms with Gasteiger partial charge in [-0.2, -0.15) is 0 Å². The molecule has 0 saturated carbocycles. The normalized spacial score (nSPS) is 13.6. The molecular weight excluding hydrogens is 333 g/mol. The van der Waals surface area contributed by atoms with E-state index in [2.05, 4.69) is 10.3 Å². The summed E-state index contributed by atoms with van der Waals surface area (Å²) < 4.78 is 13.9. The number of carbonyl (C=O) groups excluding carboxylic acids is 2. The van der Waals surface area contributed by atoms with Crippen LogP contribution in [0.1, 0.15) is 26.3 Å². The lowest BCUT2D eigenvalue weighted by Crippen LogP contribution is -2.34. The minimum Gasteiger partial charge on any atom is -0.341 e. The van der Waals surface area contributed by atoms with Gasteiger partial charge in [-0.15, -0.1) is 0 Å². The van der Waals surface area contributed by atoms with Crippen LogP contribution in [0.4, 0.5) is 10.1 Å². The van der Waals surface area contributed by atoms with Gasteiger partial charge in [0.25, 0.3) is 11.8 Å². The van der Waals surface area contributed by atoms with E-state index in [9.17, 15) is 14.0 Å². The molecule has 1 aliphatic heterocycles. The van der Waals surface area contributed by atoms with Crippen molar-refractivity contribution in [3.63, 3.8) is 0 Å². The van der Waals surface area contributed by atoms with Crippen LogP contribution in [0.5, 0.6) is 0 Å². The fourth-order valence-corrected chi connectivity index (χ4v) is 3.19. The average molecular weight is 349 g/mol. The Balaban J connectivity index is 1.69. The highest BCUT2D eigenvalue weighted by Gasteiger charge is 2.22. The molecule has 0 bridgehead atoms. The molecule has 0 spiro atoms. The molecule has 0 fully saturated rings. The fourth-order valence-electron chi connectivity index (χ4n) is 3.19. The van der Waals surface area contributed by atoms with Crippen molar-refractivity contribution < 1.29 is 14.0 Å². The number of hydrogen-bond donors (Lipinski definition) is 1. The molecule has 6 heteroatoms. The fraction of sp³-hybridized carbons (Fsp3) is 0.150. The van der Waals surface area contributed by atoms with E-state index in [4.69, 9.17) is 0 Å². The van der Waals surface area contributed by atoms with Crippen LogP contribution in [-0.4, -0.2) is 35.3 Å². The lowest BCUT2D eigenvalue weighted by atomic mass is 9.98. The number of anilines is 1. The Morgan fingerprint density at radius 1 is 1.23 bits per heavy atom. The first-order valence-corrected chi connectivity index (χ1v) is 8.27. The van der Waals surface area contributed by atoms with Crippen molar-refractivity contribution in [2.24, 2.45) is 0 Å². The maximum atomic E-state index is 13.9. The first-order chi connectivity index (χ1) is 12.5. The second-order valence-corrected chi connectivity index (χ2v) is 6.33. The standard InChI is InChI=1S/C20H16FN3O2/c1-24-8-6-12-4-5-15(11-16(12)20(24)26)23-19(25)17-10-14(21)9-13-3-2-7-22-18(13)17/h2-5,7,9-11H,6,8H2,1H3,(H,23,25). The van der Waals surface area contributed by atoms with Gasteiger partial charge in [0.2, 0.25) is 0 Å². The first kappa shape index (κ1) is 16.2. The lowest BCUT2D eigenvalue weighted by Gasteiger charge is -2.25. The van der Waals surface area contributed by atoms with Gasteiger partial charge in [-0.05, 0) is 42.3 Å². The highest BCUT2D eigenvalue weighted by Crippen LogP contribution is 2.24. The Morgan fingerprint density at radius 2 is 2.08 bits per heavy atom. The summed E-state index contributed by atoms with van der Waals surface area (Å²) in [7, 11) is 1.75. The zero-order valence-corrected chi connectivity index (χ0v) is 14.1. The topological polar surface area (TPSA) is 62.3 Å². The molecule has 0 unspecified atom stereocenters. The number of aromatic nitrogens is 1. The molecule has 4 rings (SSSR count). The number of nitrogens with zero attached hydrogens (tertiary/aromatic N) is 2. The number of likely N-dealkylation sites (N-methyl/N-ethyl adjacent to an activating group) is 1. The summed E-state index contributed by atoms with van der Waals surface area (Å²) in [5, 5.41) is 3.30. The maximum absolute atomic E-state index is 13.9. The van der Waals surface area contributed by atoms with E-state index in [1.807, 2.05) is 6.07 Å². The van der Waals surface area contributed by atoms with Crippen molar-refractivity contribution >= 4 is 28.4 Å². The smallest absolute Gasteiger partial charge is 0.257 e. The number of fused-ring (bicyclic) bond motifs is 2. The van der Waals surface area contributed by atoms with Gasteiger partial charge in [-0.3, -0.25) is 14.6 Å². The Kier molecular flexibility index (Phi) is 3.88. The van der Waals surface area contributed by atoms with Gasteiger partial charge in [0, 0.05) is 36.4 Å². The third-order valence-corrected chi connectivity index (χ3v) is 4.58. The van der Waals surface area contributed by atoms with E-state index in [-0.39, 0.29) is 11.5 Å². The number of rotatable bonds is 2. The highest BCUT2D eigenvalue weighted by molar-refractivity contribution is 6.12. The summed E-state index contributed by atoms with van der Waals surface area (Å²) in [4.78, 5) is 30.8. The van der Waals surface area contributed by atoms with E-state index in [1.54, 1.807) is 42.4 Å². The van der Waals surface area contributed by atoms with Crippen molar-refractivity contribution in [1.82, 2.24) is 9.88 Å². The molecular formula is C20H16FN3O2. The number of amides is 2. The van der Waals surface area contributed by atoms with Gasteiger partial charge >= 0.3 is 0 Å². The van der Waals surface area contributed by atoms with E-state index in [0.29, 0.717) is 28.7 Å². The summed E-state index contributed by atoms with van der Waals surface area (Å²) in [6.45, 7) is 0.679. The zero-order chi connectivity index (χ0) is 18.3. The summed E-state index contributed by atoms with van der Waals surface area (Å²) in [5.41, 5.74) is 2.62. The number of nitrogens with one attached hydrogen (secondary N) is 1.